The molecule has 1 unspecified atom stereocenters. The lowest BCUT2D eigenvalue weighted by Crippen LogP contribution is -2.40. The van der Waals surface area contributed by atoms with E-state index in [0.717, 1.165) is 17.6 Å². The Morgan fingerprint density at radius 2 is 2.09 bits per heavy atom. The molecule has 4 nitrogen and oxygen atoms in total. The lowest BCUT2D eigenvalue weighted by molar-refractivity contribution is -0.119. The number of hydrogen-bond acceptors (Lipinski definition) is 2. The first-order valence-corrected chi connectivity index (χ1v) is 7.89. The normalized spacial score (nSPS) is 15.4. The van der Waals surface area contributed by atoms with Crippen LogP contribution in [0, 0.1) is 19.8 Å². The molecular weight excluding hydrogens is 321 g/mol. The minimum absolute atomic E-state index is 0. The Morgan fingerprint density at radius 1 is 1.41 bits per heavy atom. The molecule has 1 N–H and O–H groups in total. The van der Waals surface area contributed by atoms with E-state index in [1.165, 1.54) is 24.0 Å². The van der Waals surface area contributed by atoms with Gasteiger partial charge in [0.1, 0.15) is 5.88 Å². The van der Waals surface area contributed by atoms with E-state index in [0.29, 0.717) is 5.92 Å². The fourth-order valence-corrected chi connectivity index (χ4v) is 2.80. The van der Waals surface area contributed by atoms with Crippen LogP contribution in [0.3, 0.4) is 0 Å². The maximum absolute atomic E-state index is 11.6. The first-order chi connectivity index (χ1) is 10.1. The Hall–Kier alpha value is -1.26. The van der Waals surface area contributed by atoms with Crippen molar-refractivity contribution >= 4 is 40.9 Å². The van der Waals surface area contributed by atoms with Gasteiger partial charge in [-0.25, -0.2) is 4.98 Å². The molecule has 1 fully saturated rings. The van der Waals surface area contributed by atoms with Crippen molar-refractivity contribution in [3.8, 4) is 0 Å². The van der Waals surface area contributed by atoms with Crippen LogP contribution in [0.25, 0.3) is 11.0 Å². The number of fused-ring (bicyclic) bond motifs is 1. The zero-order valence-corrected chi connectivity index (χ0v) is 14.4. The van der Waals surface area contributed by atoms with E-state index in [9.17, 15) is 4.79 Å². The average Bonchev–Trinajstić information content (AvgIpc) is 3.24. The van der Waals surface area contributed by atoms with Gasteiger partial charge in [0.05, 0.1) is 17.4 Å². The quantitative estimate of drug-likeness (QED) is 0.848. The van der Waals surface area contributed by atoms with Crippen LogP contribution < -0.4 is 5.32 Å². The van der Waals surface area contributed by atoms with Crippen molar-refractivity contribution < 1.29 is 4.79 Å². The minimum atomic E-state index is -0.0926. The van der Waals surface area contributed by atoms with E-state index < -0.39 is 0 Å². The van der Waals surface area contributed by atoms with Gasteiger partial charge in [-0.05, 0) is 55.9 Å². The van der Waals surface area contributed by atoms with Gasteiger partial charge in [-0.15, -0.1) is 24.0 Å². The van der Waals surface area contributed by atoms with Crippen LogP contribution in [0.2, 0.25) is 0 Å². The number of nitrogens with zero attached hydrogens (tertiary/aromatic N) is 2. The van der Waals surface area contributed by atoms with Gasteiger partial charge >= 0.3 is 0 Å². The van der Waals surface area contributed by atoms with E-state index in [2.05, 4.69) is 40.8 Å². The van der Waals surface area contributed by atoms with Gasteiger partial charge in [0, 0.05) is 12.6 Å². The second-order valence-corrected chi connectivity index (χ2v) is 6.23. The van der Waals surface area contributed by atoms with Crippen molar-refractivity contribution in [2.75, 3.05) is 5.88 Å². The monoisotopic (exact) mass is 341 g/mol. The van der Waals surface area contributed by atoms with E-state index in [4.69, 9.17) is 11.6 Å². The molecule has 1 aliphatic carbocycles. The molecular formula is C16H21Cl2N3O. The third-order valence-corrected chi connectivity index (χ3v) is 4.53. The number of imidazole rings is 1. The number of hydrogen-bond donors (Lipinski definition) is 1. The van der Waals surface area contributed by atoms with Crippen LogP contribution in [0.5, 0.6) is 0 Å². The first kappa shape index (κ1) is 17.1. The molecule has 2 aromatic rings. The van der Waals surface area contributed by atoms with Crippen molar-refractivity contribution in [2.24, 2.45) is 5.92 Å². The number of amides is 1. The predicted octanol–water partition coefficient (Wildman–Crippen LogP) is 3.21. The molecule has 1 aliphatic rings. The van der Waals surface area contributed by atoms with Gasteiger partial charge in [0.2, 0.25) is 5.91 Å². The minimum Gasteiger partial charge on any atom is -0.350 e. The van der Waals surface area contributed by atoms with Gasteiger partial charge in [-0.3, -0.25) is 4.79 Å². The first-order valence-electron chi connectivity index (χ1n) is 7.36. The Labute approximate surface area is 141 Å². The molecule has 22 heavy (non-hydrogen) atoms. The summed E-state index contributed by atoms with van der Waals surface area (Å²) < 4.78 is 2.14. The maximum Gasteiger partial charge on any atom is 0.235 e. The Morgan fingerprint density at radius 3 is 2.73 bits per heavy atom. The van der Waals surface area contributed by atoms with Crippen molar-refractivity contribution in [2.45, 2.75) is 39.3 Å². The largest absolute Gasteiger partial charge is 0.350 e. The highest BCUT2D eigenvalue weighted by Crippen LogP contribution is 2.34. The molecule has 0 bridgehead atoms. The molecule has 0 saturated heterocycles. The zero-order valence-electron chi connectivity index (χ0n) is 12.8. The van der Waals surface area contributed by atoms with Crippen molar-refractivity contribution in [1.29, 1.82) is 0 Å². The summed E-state index contributed by atoms with van der Waals surface area (Å²) in [5.41, 5.74) is 4.65. The summed E-state index contributed by atoms with van der Waals surface area (Å²) in [6.07, 6.45) is 4.22. The molecule has 120 valence electrons. The molecule has 3 rings (SSSR count). The molecule has 1 aromatic heterocycles. The third kappa shape index (κ3) is 3.55. The molecule has 1 aromatic carbocycles. The molecule has 0 aliphatic heterocycles. The van der Waals surface area contributed by atoms with Crippen LogP contribution >= 0.6 is 24.0 Å². The van der Waals surface area contributed by atoms with E-state index in [1.54, 1.807) is 0 Å². The SMILES string of the molecule is Cc1cc2ncn(CC(NC(=O)CCl)C3CC3)c2cc1C.Cl. The van der Waals surface area contributed by atoms with E-state index >= 15 is 0 Å². The number of benzene rings is 1. The van der Waals surface area contributed by atoms with Crippen LogP contribution in [-0.2, 0) is 11.3 Å². The second kappa shape index (κ2) is 6.88. The Bertz CT molecular complexity index is 679. The Balaban J connectivity index is 0.00000176. The maximum atomic E-state index is 11.6. The number of aryl methyl sites for hydroxylation is 2. The van der Waals surface area contributed by atoms with Crippen molar-refractivity contribution in [3.63, 3.8) is 0 Å². The van der Waals surface area contributed by atoms with Gasteiger partial charge in [0.15, 0.2) is 0 Å². The summed E-state index contributed by atoms with van der Waals surface area (Å²) in [6, 6.07) is 4.44. The molecule has 1 saturated carbocycles. The second-order valence-electron chi connectivity index (χ2n) is 5.97. The van der Waals surface area contributed by atoms with Crippen molar-refractivity contribution in [3.05, 3.63) is 29.6 Å². The summed E-state index contributed by atoms with van der Waals surface area (Å²) in [6.45, 7) is 4.97. The third-order valence-electron chi connectivity index (χ3n) is 4.29. The van der Waals surface area contributed by atoms with Crippen LogP contribution in [-0.4, -0.2) is 27.4 Å². The van der Waals surface area contributed by atoms with Crippen LogP contribution in [0.1, 0.15) is 24.0 Å². The highest BCUT2D eigenvalue weighted by atomic mass is 35.5. The van der Waals surface area contributed by atoms with Crippen LogP contribution in [0.4, 0.5) is 0 Å². The lowest BCUT2D eigenvalue weighted by Gasteiger charge is -2.19. The number of rotatable bonds is 5. The van der Waals surface area contributed by atoms with Crippen molar-refractivity contribution in [1.82, 2.24) is 14.9 Å². The molecule has 6 heteroatoms. The fourth-order valence-electron chi connectivity index (χ4n) is 2.73. The molecule has 1 heterocycles. The summed E-state index contributed by atoms with van der Waals surface area (Å²) >= 11 is 5.61. The number of halogens is 2. The van der Waals surface area contributed by atoms with Crippen LogP contribution in [0.15, 0.2) is 18.5 Å². The van der Waals surface area contributed by atoms with E-state index in [-0.39, 0.29) is 30.2 Å². The molecule has 0 radical (unpaired) electrons. The molecule has 1 atom stereocenters. The fraction of sp³-hybridized carbons (Fsp3) is 0.500. The van der Waals surface area contributed by atoms with Gasteiger partial charge in [-0.2, -0.15) is 0 Å². The number of carbonyl (C=O) groups excluding carboxylic acids is 1. The van der Waals surface area contributed by atoms with Gasteiger partial charge in [-0.1, -0.05) is 0 Å². The summed E-state index contributed by atoms with van der Waals surface area (Å²) in [5.74, 6) is 0.498. The highest BCUT2D eigenvalue weighted by Gasteiger charge is 2.32. The zero-order chi connectivity index (χ0) is 15.0. The summed E-state index contributed by atoms with van der Waals surface area (Å²) in [4.78, 5) is 16.1. The topological polar surface area (TPSA) is 46.9 Å². The summed E-state index contributed by atoms with van der Waals surface area (Å²) in [5, 5.41) is 3.04. The number of nitrogens with one attached hydrogen (secondary N) is 1. The predicted molar refractivity (Wildman–Crippen MR) is 91.8 cm³/mol. The lowest BCUT2D eigenvalue weighted by atomic mass is 10.1. The summed E-state index contributed by atoms with van der Waals surface area (Å²) in [7, 11) is 0. The van der Waals surface area contributed by atoms with Gasteiger partial charge < -0.3 is 9.88 Å². The number of aromatic nitrogens is 2. The smallest absolute Gasteiger partial charge is 0.235 e. The van der Waals surface area contributed by atoms with E-state index in [1.807, 2.05) is 6.33 Å². The highest BCUT2D eigenvalue weighted by molar-refractivity contribution is 6.27. The van der Waals surface area contributed by atoms with Gasteiger partial charge in [0.25, 0.3) is 0 Å². The molecule has 1 amide bonds. The standard InChI is InChI=1S/C16H20ClN3O.ClH/c1-10-5-13-15(6-11(10)2)20(9-18-13)8-14(12-3-4-12)19-16(21)7-17;/h5-6,9,12,14H,3-4,7-8H2,1-2H3,(H,19,21);1H. The Kier molecular flexibility index (Phi) is 5.35. The number of carbonyl (C=O) groups is 1. The number of alkyl halides is 1. The molecule has 0 spiro atoms. The average molecular weight is 342 g/mol.